The summed E-state index contributed by atoms with van der Waals surface area (Å²) in [7, 11) is 1.77. The van der Waals surface area contributed by atoms with Gasteiger partial charge < -0.3 is 9.88 Å². The van der Waals surface area contributed by atoms with Gasteiger partial charge in [-0.05, 0) is 6.92 Å². The molecule has 0 aromatic carbocycles. The largest absolute Gasteiger partial charge is 0.347 e. The molecular weight excluding hydrogens is 236 g/mol. The molecule has 2 rings (SSSR count). The molecule has 2 heterocycles. The van der Waals surface area contributed by atoms with E-state index in [1.54, 1.807) is 35.7 Å². The van der Waals surface area contributed by atoms with Gasteiger partial charge in [-0.25, -0.2) is 9.97 Å². The Morgan fingerprint density at radius 2 is 2.41 bits per heavy atom. The molecule has 1 amide bonds. The van der Waals surface area contributed by atoms with Crippen LogP contribution in [0.3, 0.4) is 0 Å². The summed E-state index contributed by atoms with van der Waals surface area (Å²) >= 11 is 1.56. The van der Waals surface area contributed by atoms with Gasteiger partial charge in [0, 0.05) is 24.8 Å². The fourth-order valence-corrected chi connectivity index (χ4v) is 2.09. The Morgan fingerprint density at radius 3 is 3.00 bits per heavy atom. The smallest absolute Gasteiger partial charge is 0.228 e. The molecule has 0 saturated heterocycles. The number of aromatic nitrogens is 3. The average molecular weight is 250 g/mol. The van der Waals surface area contributed by atoms with E-state index < -0.39 is 0 Å². The van der Waals surface area contributed by atoms with Gasteiger partial charge in [0.1, 0.15) is 5.82 Å². The van der Waals surface area contributed by atoms with E-state index in [-0.39, 0.29) is 5.91 Å². The first-order valence-electron chi connectivity index (χ1n) is 5.28. The van der Waals surface area contributed by atoms with Gasteiger partial charge in [0.25, 0.3) is 0 Å². The molecule has 0 aliphatic heterocycles. The van der Waals surface area contributed by atoms with Crippen LogP contribution in [0.5, 0.6) is 0 Å². The molecule has 0 bridgehead atoms. The van der Waals surface area contributed by atoms with Crippen LogP contribution in [0.15, 0.2) is 17.8 Å². The highest BCUT2D eigenvalue weighted by molar-refractivity contribution is 7.09. The zero-order valence-corrected chi connectivity index (χ0v) is 10.6. The minimum Gasteiger partial charge on any atom is -0.347 e. The molecule has 6 heteroatoms. The van der Waals surface area contributed by atoms with Gasteiger partial charge in [-0.2, -0.15) is 0 Å². The molecule has 0 unspecified atom stereocenters. The zero-order chi connectivity index (χ0) is 12.3. The van der Waals surface area contributed by atoms with Crippen molar-refractivity contribution in [3.8, 4) is 0 Å². The van der Waals surface area contributed by atoms with Crippen molar-refractivity contribution in [2.45, 2.75) is 19.9 Å². The molecule has 17 heavy (non-hydrogen) atoms. The van der Waals surface area contributed by atoms with Crippen molar-refractivity contribution in [3.63, 3.8) is 0 Å². The van der Waals surface area contributed by atoms with E-state index in [0.717, 1.165) is 16.5 Å². The summed E-state index contributed by atoms with van der Waals surface area (Å²) in [5.41, 5.74) is 0.837. The van der Waals surface area contributed by atoms with Crippen LogP contribution in [0.2, 0.25) is 0 Å². The number of imidazole rings is 1. The van der Waals surface area contributed by atoms with E-state index in [1.807, 2.05) is 12.3 Å². The summed E-state index contributed by atoms with van der Waals surface area (Å²) in [6.45, 7) is 2.43. The van der Waals surface area contributed by atoms with Gasteiger partial charge in [-0.1, -0.05) is 0 Å². The number of rotatable bonds is 4. The molecule has 0 radical (unpaired) electrons. The predicted molar refractivity (Wildman–Crippen MR) is 65.6 cm³/mol. The summed E-state index contributed by atoms with van der Waals surface area (Å²) < 4.78 is 0. The molecule has 1 N–H and O–H groups in total. The average Bonchev–Trinajstić information content (AvgIpc) is 2.90. The van der Waals surface area contributed by atoms with E-state index in [2.05, 4.69) is 15.0 Å². The van der Waals surface area contributed by atoms with Crippen LogP contribution in [0.1, 0.15) is 16.5 Å². The van der Waals surface area contributed by atoms with Crippen molar-refractivity contribution in [1.82, 2.24) is 19.9 Å². The Hall–Kier alpha value is -1.69. The van der Waals surface area contributed by atoms with Crippen molar-refractivity contribution < 1.29 is 4.79 Å². The van der Waals surface area contributed by atoms with E-state index in [0.29, 0.717) is 13.0 Å². The summed E-state index contributed by atoms with van der Waals surface area (Å²) in [5, 5.41) is 2.91. The van der Waals surface area contributed by atoms with Crippen LogP contribution in [-0.4, -0.2) is 32.8 Å². The van der Waals surface area contributed by atoms with Crippen molar-refractivity contribution >= 4 is 17.2 Å². The highest BCUT2D eigenvalue weighted by Gasteiger charge is 2.12. The molecule has 0 aliphatic rings. The third kappa shape index (κ3) is 3.13. The molecule has 5 nitrogen and oxygen atoms in total. The molecule has 0 saturated carbocycles. The highest BCUT2D eigenvalue weighted by Crippen LogP contribution is 2.09. The van der Waals surface area contributed by atoms with Crippen molar-refractivity contribution in [2.24, 2.45) is 0 Å². The quantitative estimate of drug-likeness (QED) is 0.891. The molecule has 2 aromatic heterocycles. The van der Waals surface area contributed by atoms with Crippen LogP contribution < -0.4 is 0 Å². The Morgan fingerprint density at radius 1 is 1.59 bits per heavy atom. The first-order valence-corrected chi connectivity index (χ1v) is 6.16. The number of aromatic amines is 1. The van der Waals surface area contributed by atoms with E-state index in [9.17, 15) is 4.79 Å². The monoisotopic (exact) mass is 250 g/mol. The van der Waals surface area contributed by atoms with Crippen molar-refractivity contribution in [2.75, 3.05) is 7.05 Å². The lowest BCUT2D eigenvalue weighted by Gasteiger charge is -2.14. The third-order valence-corrected chi connectivity index (χ3v) is 3.19. The number of nitrogens with one attached hydrogen (secondary N) is 1. The number of aryl methyl sites for hydroxylation is 1. The van der Waals surface area contributed by atoms with Gasteiger partial charge in [-0.15, -0.1) is 11.3 Å². The second-order valence-corrected chi connectivity index (χ2v) is 4.88. The van der Waals surface area contributed by atoms with Gasteiger partial charge >= 0.3 is 0 Å². The fraction of sp³-hybridized carbons (Fsp3) is 0.364. The van der Waals surface area contributed by atoms with Crippen LogP contribution in [0.25, 0.3) is 0 Å². The SMILES string of the molecule is Cc1nc(CC(=O)N(C)Cc2ncc[nH]2)cs1. The second kappa shape index (κ2) is 5.09. The lowest BCUT2D eigenvalue weighted by molar-refractivity contribution is -0.129. The maximum absolute atomic E-state index is 11.9. The maximum atomic E-state index is 11.9. The lowest BCUT2D eigenvalue weighted by atomic mass is 10.3. The molecule has 0 aliphatic carbocycles. The minimum absolute atomic E-state index is 0.0479. The predicted octanol–water partition coefficient (Wildman–Crippen LogP) is 1.38. The number of hydrogen-bond donors (Lipinski definition) is 1. The maximum Gasteiger partial charge on any atom is 0.228 e. The summed E-state index contributed by atoms with van der Waals surface area (Å²) in [6, 6.07) is 0. The Labute approximate surface area is 104 Å². The number of carbonyl (C=O) groups excluding carboxylic acids is 1. The highest BCUT2D eigenvalue weighted by atomic mass is 32.1. The van der Waals surface area contributed by atoms with Crippen molar-refractivity contribution in [1.29, 1.82) is 0 Å². The van der Waals surface area contributed by atoms with Gasteiger partial charge in [0.15, 0.2) is 0 Å². The van der Waals surface area contributed by atoms with Crippen molar-refractivity contribution in [3.05, 3.63) is 34.3 Å². The first-order chi connectivity index (χ1) is 8.15. The number of hydrogen-bond acceptors (Lipinski definition) is 4. The number of amides is 1. The van der Waals surface area contributed by atoms with Gasteiger partial charge in [-0.3, -0.25) is 4.79 Å². The normalized spacial score (nSPS) is 10.5. The van der Waals surface area contributed by atoms with Crippen LogP contribution >= 0.6 is 11.3 Å². The second-order valence-electron chi connectivity index (χ2n) is 3.82. The zero-order valence-electron chi connectivity index (χ0n) is 9.80. The van der Waals surface area contributed by atoms with Crippen LogP contribution in [0.4, 0.5) is 0 Å². The number of H-pyrrole nitrogens is 1. The molecule has 0 fully saturated rings. The molecule has 90 valence electrons. The summed E-state index contributed by atoms with van der Waals surface area (Å²) in [6.07, 6.45) is 3.77. The first kappa shape index (κ1) is 11.8. The summed E-state index contributed by atoms with van der Waals surface area (Å²) in [5.74, 6) is 0.835. The minimum atomic E-state index is 0.0479. The van der Waals surface area contributed by atoms with Gasteiger partial charge in [0.2, 0.25) is 5.91 Å². The van der Waals surface area contributed by atoms with Gasteiger partial charge in [0.05, 0.1) is 23.7 Å². The number of carbonyl (C=O) groups is 1. The lowest BCUT2D eigenvalue weighted by Crippen LogP contribution is -2.28. The topological polar surface area (TPSA) is 61.9 Å². The van der Waals surface area contributed by atoms with Crippen LogP contribution in [0, 0.1) is 6.92 Å². The van der Waals surface area contributed by atoms with E-state index >= 15 is 0 Å². The Kier molecular flexibility index (Phi) is 3.53. The third-order valence-electron chi connectivity index (χ3n) is 2.37. The fourth-order valence-electron chi connectivity index (χ4n) is 1.48. The molecule has 2 aromatic rings. The Bertz CT molecular complexity index is 491. The van der Waals surface area contributed by atoms with E-state index in [1.165, 1.54) is 0 Å². The Balaban J connectivity index is 1.91. The standard InChI is InChI=1S/C11H14N4OS/c1-8-14-9(7-17-8)5-11(16)15(2)6-10-12-3-4-13-10/h3-4,7H,5-6H2,1-2H3,(H,12,13). The molecule has 0 spiro atoms. The molecule has 0 atom stereocenters. The van der Waals surface area contributed by atoms with Crippen LogP contribution in [-0.2, 0) is 17.8 Å². The molecular formula is C11H14N4OS. The number of likely N-dealkylation sites (N-methyl/N-ethyl adjacent to an activating group) is 1. The summed E-state index contributed by atoms with van der Waals surface area (Å²) in [4.78, 5) is 24.9. The van der Waals surface area contributed by atoms with E-state index in [4.69, 9.17) is 0 Å². The number of nitrogens with zero attached hydrogens (tertiary/aromatic N) is 3. The number of thiazole rings is 1.